The molecular formula is C21H21F3N2O3S. The lowest BCUT2D eigenvalue weighted by atomic mass is 9.97. The second-order valence-corrected chi connectivity index (χ2v) is 7.42. The number of halogens is 3. The van der Waals surface area contributed by atoms with Crippen LogP contribution in [0.3, 0.4) is 0 Å². The van der Waals surface area contributed by atoms with E-state index in [0.717, 1.165) is 24.3 Å². The van der Waals surface area contributed by atoms with Gasteiger partial charge in [0.25, 0.3) is 0 Å². The molecule has 2 unspecified atom stereocenters. The Bertz CT molecular complexity index is 865. The lowest BCUT2D eigenvalue weighted by Gasteiger charge is -2.17. The van der Waals surface area contributed by atoms with Crippen LogP contribution in [0, 0.1) is 17.2 Å². The smallest absolute Gasteiger partial charge is 0.417 e. The molecular weight excluding hydrogens is 417 g/mol. The standard InChI is InChI=1S/C21H21F3N2O3S/c1-14(20(27)15(12-25)4-3-11-30-2)28-17-6-8-18(9-7-17)29-19-10-5-16(13-26-19)21(22,23)24/h5-10,13-15H,3-4,11H2,1-2H3. The Morgan fingerprint density at radius 1 is 1.20 bits per heavy atom. The van der Waals surface area contributed by atoms with Crippen LogP contribution >= 0.6 is 11.8 Å². The molecule has 0 N–H and O–H groups in total. The zero-order valence-electron chi connectivity index (χ0n) is 16.5. The van der Waals surface area contributed by atoms with E-state index in [1.807, 2.05) is 12.3 Å². The first-order chi connectivity index (χ1) is 14.2. The van der Waals surface area contributed by atoms with E-state index in [-0.39, 0.29) is 11.7 Å². The van der Waals surface area contributed by atoms with Crippen molar-refractivity contribution in [2.75, 3.05) is 12.0 Å². The van der Waals surface area contributed by atoms with Gasteiger partial charge in [0, 0.05) is 12.3 Å². The summed E-state index contributed by atoms with van der Waals surface area (Å²) in [6.07, 6.45) is -1.30. The third-order valence-corrected chi connectivity index (χ3v) is 4.86. The van der Waals surface area contributed by atoms with Crippen LogP contribution in [0.25, 0.3) is 0 Å². The normalized spacial score (nSPS) is 13.2. The van der Waals surface area contributed by atoms with Crippen molar-refractivity contribution in [3.8, 4) is 23.4 Å². The number of nitriles is 1. The summed E-state index contributed by atoms with van der Waals surface area (Å²) in [5, 5.41) is 9.23. The van der Waals surface area contributed by atoms with Crippen LogP contribution in [0.5, 0.6) is 17.4 Å². The molecule has 0 fully saturated rings. The molecule has 0 aliphatic heterocycles. The average molecular weight is 438 g/mol. The van der Waals surface area contributed by atoms with Gasteiger partial charge in [-0.05, 0) is 62.1 Å². The van der Waals surface area contributed by atoms with E-state index >= 15 is 0 Å². The van der Waals surface area contributed by atoms with Gasteiger partial charge < -0.3 is 9.47 Å². The molecule has 0 radical (unpaired) electrons. The van der Waals surface area contributed by atoms with E-state index in [4.69, 9.17) is 9.47 Å². The Balaban J connectivity index is 1.93. The maximum Gasteiger partial charge on any atom is 0.417 e. The maximum absolute atomic E-state index is 12.6. The number of hydrogen-bond donors (Lipinski definition) is 0. The van der Waals surface area contributed by atoms with Crippen LogP contribution in [0.15, 0.2) is 42.6 Å². The summed E-state index contributed by atoms with van der Waals surface area (Å²) in [4.78, 5) is 16.1. The molecule has 1 heterocycles. The van der Waals surface area contributed by atoms with Crippen molar-refractivity contribution in [1.82, 2.24) is 4.98 Å². The van der Waals surface area contributed by atoms with Gasteiger partial charge in [-0.15, -0.1) is 0 Å². The Hall–Kier alpha value is -2.73. The highest BCUT2D eigenvalue weighted by atomic mass is 32.2. The molecule has 2 rings (SSSR count). The molecule has 1 aromatic carbocycles. The van der Waals surface area contributed by atoms with Gasteiger partial charge in [0.05, 0.1) is 11.6 Å². The Kier molecular flexibility index (Phi) is 8.54. The number of carbonyl (C=O) groups excluding carboxylic acids is 1. The van der Waals surface area contributed by atoms with Crippen LogP contribution < -0.4 is 9.47 Å². The van der Waals surface area contributed by atoms with Crippen molar-refractivity contribution < 1.29 is 27.4 Å². The second kappa shape index (κ2) is 10.9. The predicted octanol–water partition coefficient (Wildman–Crippen LogP) is 5.51. The summed E-state index contributed by atoms with van der Waals surface area (Å²) in [7, 11) is 0. The third-order valence-electron chi connectivity index (χ3n) is 4.16. The van der Waals surface area contributed by atoms with E-state index in [9.17, 15) is 23.2 Å². The number of rotatable bonds is 10. The van der Waals surface area contributed by atoms with Crippen molar-refractivity contribution in [2.24, 2.45) is 5.92 Å². The molecule has 0 bridgehead atoms. The van der Waals surface area contributed by atoms with Gasteiger partial charge in [-0.1, -0.05) is 0 Å². The van der Waals surface area contributed by atoms with Crippen molar-refractivity contribution in [2.45, 2.75) is 32.0 Å². The van der Waals surface area contributed by atoms with Crippen LogP contribution in [0.2, 0.25) is 0 Å². The maximum atomic E-state index is 12.6. The first-order valence-corrected chi connectivity index (χ1v) is 10.5. The van der Waals surface area contributed by atoms with Gasteiger partial charge in [-0.2, -0.15) is 30.2 Å². The zero-order valence-corrected chi connectivity index (χ0v) is 17.3. The number of Topliss-reactive ketones (excluding diaryl/α,β-unsaturated/α-hetero) is 1. The van der Waals surface area contributed by atoms with Gasteiger partial charge in [-0.25, -0.2) is 4.98 Å². The first kappa shape index (κ1) is 23.5. The summed E-state index contributed by atoms with van der Waals surface area (Å²) in [5.74, 6) is 0.677. The molecule has 0 aliphatic rings. The molecule has 2 atom stereocenters. The van der Waals surface area contributed by atoms with E-state index in [0.29, 0.717) is 24.1 Å². The summed E-state index contributed by atoms with van der Waals surface area (Å²) >= 11 is 1.66. The molecule has 5 nitrogen and oxygen atoms in total. The zero-order chi connectivity index (χ0) is 22.1. The monoisotopic (exact) mass is 438 g/mol. The minimum Gasteiger partial charge on any atom is -0.483 e. The van der Waals surface area contributed by atoms with Crippen LogP contribution in [-0.2, 0) is 11.0 Å². The Morgan fingerprint density at radius 3 is 2.40 bits per heavy atom. The number of ketones is 1. The number of thioether (sulfide) groups is 1. The molecule has 2 aromatic rings. The van der Waals surface area contributed by atoms with E-state index in [1.165, 1.54) is 0 Å². The lowest BCUT2D eigenvalue weighted by Crippen LogP contribution is -2.30. The van der Waals surface area contributed by atoms with Crippen LogP contribution in [0.1, 0.15) is 25.3 Å². The molecule has 0 amide bonds. The molecule has 0 saturated heterocycles. The van der Waals surface area contributed by atoms with Crippen LogP contribution in [-0.4, -0.2) is 28.9 Å². The fourth-order valence-corrected chi connectivity index (χ4v) is 3.02. The Morgan fingerprint density at radius 2 is 1.87 bits per heavy atom. The molecule has 0 aliphatic carbocycles. The molecule has 1 aromatic heterocycles. The topological polar surface area (TPSA) is 72.2 Å². The fourth-order valence-electron chi connectivity index (χ4n) is 2.56. The minimum atomic E-state index is -4.46. The third kappa shape index (κ3) is 6.95. The highest BCUT2D eigenvalue weighted by Crippen LogP contribution is 2.30. The number of hydrogen-bond acceptors (Lipinski definition) is 6. The van der Waals surface area contributed by atoms with Gasteiger partial charge in [0.2, 0.25) is 5.88 Å². The number of alkyl halides is 3. The quantitative estimate of drug-likeness (QED) is 0.456. The van der Waals surface area contributed by atoms with E-state index in [1.54, 1.807) is 43.0 Å². The van der Waals surface area contributed by atoms with Crippen molar-refractivity contribution in [3.05, 3.63) is 48.2 Å². The summed E-state index contributed by atoms with van der Waals surface area (Å²) in [5.41, 5.74) is -0.860. The van der Waals surface area contributed by atoms with E-state index in [2.05, 4.69) is 4.98 Å². The van der Waals surface area contributed by atoms with Crippen molar-refractivity contribution in [3.63, 3.8) is 0 Å². The number of benzene rings is 1. The number of aromatic nitrogens is 1. The van der Waals surface area contributed by atoms with Gasteiger partial charge >= 0.3 is 6.18 Å². The number of carbonyl (C=O) groups is 1. The molecule has 0 spiro atoms. The number of ether oxygens (including phenoxy) is 2. The summed E-state index contributed by atoms with van der Waals surface area (Å²) in [6, 6.07) is 10.3. The fraction of sp³-hybridized carbons (Fsp3) is 0.381. The van der Waals surface area contributed by atoms with Gasteiger partial charge in [0.15, 0.2) is 11.9 Å². The van der Waals surface area contributed by atoms with Crippen molar-refractivity contribution >= 4 is 17.5 Å². The highest BCUT2D eigenvalue weighted by molar-refractivity contribution is 7.98. The first-order valence-electron chi connectivity index (χ1n) is 9.14. The number of pyridine rings is 1. The number of nitrogens with zero attached hydrogens (tertiary/aromatic N) is 2. The molecule has 30 heavy (non-hydrogen) atoms. The molecule has 0 saturated carbocycles. The largest absolute Gasteiger partial charge is 0.483 e. The molecule has 9 heteroatoms. The van der Waals surface area contributed by atoms with E-state index < -0.39 is 23.8 Å². The molecule has 160 valence electrons. The average Bonchev–Trinajstić information content (AvgIpc) is 2.72. The van der Waals surface area contributed by atoms with Crippen LogP contribution in [0.4, 0.5) is 13.2 Å². The SMILES string of the molecule is CSCCCC(C#N)C(=O)C(C)Oc1ccc(Oc2ccc(C(F)(F)F)cn2)cc1. The summed E-state index contributed by atoms with van der Waals surface area (Å²) < 4.78 is 48.7. The highest BCUT2D eigenvalue weighted by Gasteiger charge is 2.30. The van der Waals surface area contributed by atoms with Crippen molar-refractivity contribution in [1.29, 1.82) is 5.26 Å². The minimum absolute atomic E-state index is 0.0160. The second-order valence-electron chi connectivity index (χ2n) is 6.44. The predicted molar refractivity (Wildman–Crippen MR) is 108 cm³/mol. The van der Waals surface area contributed by atoms with Gasteiger partial charge in [0.1, 0.15) is 17.4 Å². The Labute approximate surface area is 177 Å². The van der Waals surface area contributed by atoms with Gasteiger partial charge in [-0.3, -0.25) is 4.79 Å². The lowest BCUT2D eigenvalue weighted by molar-refractivity contribution is -0.137. The summed E-state index contributed by atoms with van der Waals surface area (Å²) in [6.45, 7) is 1.60.